The number of hydrogen-bond donors (Lipinski definition) is 1. The summed E-state index contributed by atoms with van der Waals surface area (Å²) in [5, 5.41) is 7.14. The Bertz CT molecular complexity index is 1020. The summed E-state index contributed by atoms with van der Waals surface area (Å²) in [7, 11) is 1.63. The molecular weight excluding hydrogens is 394 g/mol. The number of nitrogens with one attached hydrogen (secondary N) is 1. The van der Waals surface area contributed by atoms with Crippen molar-refractivity contribution in [3.8, 4) is 17.2 Å². The standard InChI is InChI=1S/C23H27N5O3/c1-17-15-19(30-2)9-10-20(17)24-23(29)28-12-6-11-27(13-14-28)16-21-25-22(31-26-21)18-7-4-3-5-8-18/h3-5,7-10,15H,6,11-14,16H2,1-2H3,(H,24,29). The van der Waals surface area contributed by atoms with Gasteiger partial charge >= 0.3 is 6.03 Å². The molecule has 8 heteroatoms. The summed E-state index contributed by atoms with van der Waals surface area (Å²) in [6, 6.07) is 15.3. The van der Waals surface area contributed by atoms with Crippen LogP contribution in [0.4, 0.5) is 10.5 Å². The van der Waals surface area contributed by atoms with E-state index in [1.807, 2.05) is 60.4 Å². The minimum atomic E-state index is -0.0824. The van der Waals surface area contributed by atoms with E-state index >= 15 is 0 Å². The van der Waals surface area contributed by atoms with Gasteiger partial charge in [-0.15, -0.1) is 0 Å². The lowest BCUT2D eigenvalue weighted by molar-refractivity contribution is 0.210. The molecule has 2 amide bonds. The maximum Gasteiger partial charge on any atom is 0.321 e. The monoisotopic (exact) mass is 421 g/mol. The zero-order chi connectivity index (χ0) is 21.6. The predicted molar refractivity (Wildman–Crippen MR) is 118 cm³/mol. The molecule has 8 nitrogen and oxygen atoms in total. The summed E-state index contributed by atoms with van der Waals surface area (Å²) in [6.07, 6.45) is 0.887. The van der Waals surface area contributed by atoms with Gasteiger partial charge in [0.1, 0.15) is 5.75 Å². The second-order valence-corrected chi connectivity index (χ2v) is 7.61. The molecule has 0 radical (unpaired) electrons. The Morgan fingerprint density at radius 2 is 1.97 bits per heavy atom. The highest BCUT2D eigenvalue weighted by Crippen LogP contribution is 2.22. The summed E-state index contributed by atoms with van der Waals surface area (Å²) < 4.78 is 10.6. The zero-order valence-corrected chi connectivity index (χ0v) is 17.9. The van der Waals surface area contributed by atoms with Crippen molar-refractivity contribution in [2.45, 2.75) is 19.9 Å². The molecular formula is C23H27N5O3. The van der Waals surface area contributed by atoms with E-state index < -0.39 is 0 Å². The molecule has 0 unspecified atom stereocenters. The van der Waals surface area contributed by atoms with Crippen LogP contribution < -0.4 is 10.1 Å². The second-order valence-electron chi connectivity index (χ2n) is 7.61. The van der Waals surface area contributed by atoms with Gasteiger partial charge in [0.25, 0.3) is 5.89 Å². The number of hydrogen-bond acceptors (Lipinski definition) is 6. The molecule has 162 valence electrons. The number of aromatic nitrogens is 2. The first-order valence-corrected chi connectivity index (χ1v) is 10.4. The molecule has 1 aliphatic rings. The van der Waals surface area contributed by atoms with Crippen molar-refractivity contribution in [2.75, 3.05) is 38.6 Å². The van der Waals surface area contributed by atoms with Crippen molar-refractivity contribution >= 4 is 11.7 Å². The molecule has 3 aromatic rings. The quantitative estimate of drug-likeness (QED) is 0.675. The van der Waals surface area contributed by atoms with Gasteiger partial charge in [-0.3, -0.25) is 4.90 Å². The van der Waals surface area contributed by atoms with Crippen LogP contribution in [-0.4, -0.2) is 59.3 Å². The fourth-order valence-corrected chi connectivity index (χ4v) is 3.65. The molecule has 0 bridgehead atoms. The van der Waals surface area contributed by atoms with E-state index in [9.17, 15) is 4.79 Å². The van der Waals surface area contributed by atoms with Gasteiger partial charge < -0.3 is 19.5 Å². The largest absolute Gasteiger partial charge is 0.497 e. The van der Waals surface area contributed by atoms with Gasteiger partial charge in [0.2, 0.25) is 0 Å². The van der Waals surface area contributed by atoms with Gasteiger partial charge in [0, 0.05) is 37.4 Å². The van der Waals surface area contributed by atoms with Crippen LogP contribution in [0.2, 0.25) is 0 Å². The number of anilines is 1. The number of carbonyl (C=O) groups is 1. The van der Waals surface area contributed by atoms with Crippen LogP contribution in [0.25, 0.3) is 11.5 Å². The van der Waals surface area contributed by atoms with E-state index in [0.29, 0.717) is 31.3 Å². The molecule has 0 atom stereocenters. The third kappa shape index (κ3) is 5.21. The lowest BCUT2D eigenvalue weighted by atomic mass is 10.2. The van der Waals surface area contributed by atoms with Crippen LogP contribution in [-0.2, 0) is 6.54 Å². The highest BCUT2D eigenvalue weighted by Gasteiger charge is 2.21. The molecule has 1 aromatic heterocycles. The first-order chi connectivity index (χ1) is 15.1. The summed E-state index contributed by atoms with van der Waals surface area (Å²) in [5.74, 6) is 1.96. The fourth-order valence-electron chi connectivity index (χ4n) is 3.65. The molecule has 2 heterocycles. The first kappa shape index (κ1) is 20.9. The molecule has 1 aliphatic heterocycles. The van der Waals surface area contributed by atoms with E-state index in [0.717, 1.165) is 42.1 Å². The average Bonchev–Trinajstić information content (AvgIpc) is 3.13. The molecule has 4 rings (SSSR count). The average molecular weight is 422 g/mol. The Kier molecular flexibility index (Phi) is 6.47. The third-order valence-electron chi connectivity index (χ3n) is 5.40. The third-order valence-corrected chi connectivity index (χ3v) is 5.40. The van der Waals surface area contributed by atoms with Gasteiger partial charge in [0.05, 0.1) is 13.7 Å². The van der Waals surface area contributed by atoms with Gasteiger partial charge in [-0.25, -0.2) is 4.79 Å². The van der Waals surface area contributed by atoms with E-state index in [1.165, 1.54) is 0 Å². The number of ether oxygens (including phenoxy) is 1. The van der Waals surface area contributed by atoms with Crippen LogP contribution >= 0.6 is 0 Å². The van der Waals surface area contributed by atoms with E-state index in [1.54, 1.807) is 7.11 Å². The number of amides is 2. The second kappa shape index (κ2) is 9.61. The highest BCUT2D eigenvalue weighted by molar-refractivity contribution is 5.90. The van der Waals surface area contributed by atoms with Crippen molar-refractivity contribution in [3.05, 3.63) is 59.9 Å². The maximum absolute atomic E-state index is 12.8. The Hall–Kier alpha value is -3.39. The number of urea groups is 1. The molecule has 1 N–H and O–H groups in total. The number of carbonyl (C=O) groups excluding carboxylic acids is 1. The van der Waals surface area contributed by atoms with Crippen molar-refractivity contribution in [1.29, 1.82) is 0 Å². The smallest absolute Gasteiger partial charge is 0.321 e. The van der Waals surface area contributed by atoms with Crippen LogP contribution in [0.5, 0.6) is 5.75 Å². The molecule has 0 saturated carbocycles. The summed E-state index contributed by atoms with van der Waals surface area (Å²) in [5.41, 5.74) is 2.68. The normalized spacial score (nSPS) is 14.8. The summed E-state index contributed by atoms with van der Waals surface area (Å²) in [4.78, 5) is 21.4. The van der Waals surface area contributed by atoms with Crippen molar-refractivity contribution in [1.82, 2.24) is 19.9 Å². The Labute approximate surface area is 181 Å². The number of benzene rings is 2. The predicted octanol–water partition coefficient (Wildman–Crippen LogP) is 3.79. The molecule has 1 fully saturated rings. The number of rotatable bonds is 5. The van der Waals surface area contributed by atoms with Gasteiger partial charge in [0.15, 0.2) is 5.82 Å². The number of methoxy groups -OCH3 is 1. The fraction of sp³-hybridized carbons (Fsp3) is 0.348. The number of aryl methyl sites for hydroxylation is 1. The Morgan fingerprint density at radius 3 is 2.74 bits per heavy atom. The van der Waals surface area contributed by atoms with Crippen molar-refractivity contribution < 1.29 is 14.1 Å². The van der Waals surface area contributed by atoms with E-state index in [2.05, 4.69) is 20.4 Å². The molecule has 31 heavy (non-hydrogen) atoms. The first-order valence-electron chi connectivity index (χ1n) is 10.4. The highest BCUT2D eigenvalue weighted by atomic mass is 16.5. The van der Waals surface area contributed by atoms with Crippen LogP contribution in [0.15, 0.2) is 53.1 Å². The zero-order valence-electron chi connectivity index (χ0n) is 17.9. The number of nitrogens with zero attached hydrogens (tertiary/aromatic N) is 4. The van der Waals surface area contributed by atoms with E-state index in [4.69, 9.17) is 9.26 Å². The van der Waals surface area contributed by atoms with Gasteiger partial charge in [-0.05, 0) is 49.2 Å². The summed E-state index contributed by atoms with van der Waals surface area (Å²) >= 11 is 0. The van der Waals surface area contributed by atoms with Gasteiger partial charge in [-0.1, -0.05) is 23.4 Å². The topological polar surface area (TPSA) is 83.7 Å². The Morgan fingerprint density at radius 1 is 1.13 bits per heavy atom. The molecule has 0 spiro atoms. The van der Waals surface area contributed by atoms with Crippen molar-refractivity contribution in [2.24, 2.45) is 0 Å². The van der Waals surface area contributed by atoms with Gasteiger partial charge in [-0.2, -0.15) is 4.98 Å². The van der Waals surface area contributed by atoms with Crippen LogP contribution in [0.1, 0.15) is 17.8 Å². The SMILES string of the molecule is COc1ccc(NC(=O)N2CCCN(Cc3noc(-c4ccccc4)n3)CC2)c(C)c1. The minimum Gasteiger partial charge on any atom is -0.497 e. The van der Waals surface area contributed by atoms with Crippen LogP contribution in [0, 0.1) is 6.92 Å². The lowest BCUT2D eigenvalue weighted by Crippen LogP contribution is -2.38. The summed E-state index contributed by atoms with van der Waals surface area (Å²) in [6.45, 7) is 5.54. The Balaban J connectivity index is 1.32. The lowest BCUT2D eigenvalue weighted by Gasteiger charge is -2.22. The molecule has 2 aromatic carbocycles. The van der Waals surface area contributed by atoms with Crippen molar-refractivity contribution in [3.63, 3.8) is 0 Å². The minimum absolute atomic E-state index is 0.0824. The molecule has 1 saturated heterocycles. The maximum atomic E-state index is 12.8. The van der Waals surface area contributed by atoms with E-state index in [-0.39, 0.29) is 6.03 Å². The van der Waals surface area contributed by atoms with Crippen LogP contribution in [0.3, 0.4) is 0 Å². The molecule has 0 aliphatic carbocycles.